The van der Waals surface area contributed by atoms with Crippen LogP contribution in [0.3, 0.4) is 0 Å². The summed E-state index contributed by atoms with van der Waals surface area (Å²) in [7, 11) is 1.56. The molecular weight excluding hydrogens is 382 g/mol. The lowest BCUT2D eigenvalue weighted by Crippen LogP contribution is -2.15. The van der Waals surface area contributed by atoms with E-state index in [-0.39, 0.29) is 13.2 Å². The number of carbonyl (C=O) groups excluding carboxylic acids is 1. The summed E-state index contributed by atoms with van der Waals surface area (Å²) in [5, 5.41) is 6.86. The Balaban J connectivity index is 1.51. The normalized spacial score (nSPS) is 10.9. The van der Waals surface area contributed by atoms with Gasteiger partial charge in [-0.2, -0.15) is 11.3 Å². The van der Waals surface area contributed by atoms with Crippen LogP contribution in [0.5, 0.6) is 11.5 Å². The van der Waals surface area contributed by atoms with Gasteiger partial charge < -0.3 is 14.2 Å². The van der Waals surface area contributed by atoms with Crippen molar-refractivity contribution in [2.24, 2.45) is 0 Å². The minimum absolute atomic E-state index is 0.125. The Bertz CT molecular complexity index is 916. The Morgan fingerprint density at radius 3 is 2.85 bits per heavy atom. The fourth-order valence-corrected chi connectivity index (χ4v) is 3.84. The Labute approximate surface area is 165 Å². The quantitative estimate of drug-likeness (QED) is 0.495. The van der Waals surface area contributed by atoms with Crippen molar-refractivity contribution < 1.29 is 19.0 Å². The average molecular weight is 402 g/mol. The average Bonchev–Trinajstić information content (AvgIpc) is 3.37. The molecule has 0 saturated heterocycles. The number of rotatable bonds is 8. The Hall–Kier alpha value is -2.64. The van der Waals surface area contributed by atoms with Crippen molar-refractivity contribution >= 4 is 34.7 Å². The first kappa shape index (κ1) is 19.1. The zero-order chi connectivity index (χ0) is 19.1. The van der Waals surface area contributed by atoms with Gasteiger partial charge in [-0.1, -0.05) is 18.2 Å². The number of esters is 1. The number of thiophene rings is 1. The van der Waals surface area contributed by atoms with Crippen molar-refractivity contribution in [3.63, 3.8) is 0 Å². The molecule has 0 aliphatic heterocycles. The third-order valence-corrected chi connectivity index (χ3v) is 5.22. The lowest BCUT2D eigenvalue weighted by molar-refractivity contribution is -0.147. The number of ether oxygens (including phenoxy) is 3. The SMILES string of the molecule is C/C=C/c1ccc(OCC(=O)OCc2csc(-c3ccsc3)n2)c(OC)c1. The van der Waals surface area contributed by atoms with Crippen molar-refractivity contribution in [1.29, 1.82) is 0 Å². The first-order valence-electron chi connectivity index (χ1n) is 8.25. The van der Waals surface area contributed by atoms with Gasteiger partial charge >= 0.3 is 5.97 Å². The second-order valence-corrected chi connectivity index (χ2v) is 7.15. The van der Waals surface area contributed by atoms with E-state index in [2.05, 4.69) is 4.98 Å². The van der Waals surface area contributed by atoms with Crippen LogP contribution in [0.1, 0.15) is 18.2 Å². The zero-order valence-electron chi connectivity index (χ0n) is 15.0. The van der Waals surface area contributed by atoms with Crippen LogP contribution >= 0.6 is 22.7 Å². The van der Waals surface area contributed by atoms with Crippen molar-refractivity contribution in [1.82, 2.24) is 4.98 Å². The summed E-state index contributed by atoms with van der Waals surface area (Å²) >= 11 is 3.15. The number of carbonyl (C=O) groups is 1. The van der Waals surface area contributed by atoms with Crippen LogP contribution in [0, 0.1) is 0 Å². The molecule has 0 saturated carbocycles. The van der Waals surface area contributed by atoms with Crippen molar-refractivity contribution in [2.75, 3.05) is 13.7 Å². The van der Waals surface area contributed by atoms with Crippen molar-refractivity contribution in [3.8, 4) is 22.1 Å². The van der Waals surface area contributed by atoms with Gasteiger partial charge in [0.25, 0.3) is 0 Å². The largest absolute Gasteiger partial charge is 0.493 e. The van der Waals surface area contributed by atoms with E-state index in [1.807, 2.05) is 53.4 Å². The van der Waals surface area contributed by atoms with Crippen LogP contribution in [0.15, 0.2) is 46.5 Å². The number of hydrogen-bond acceptors (Lipinski definition) is 7. The van der Waals surface area contributed by atoms with Gasteiger partial charge in [0.2, 0.25) is 0 Å². The van der Waals surface area contributed by atoms with Gasteiger partial charge in [-0.3, -0.25) is 0 Å². The topological polar surface area (TPSA) is 57.7 Å². The molecule has 27 heavy (non-hydrogen) atoms. The van der Waals surface area contributed by atoms with E-state index in [1.54, 1.807) is 24.5 Å². The highest BCUT2D eigenvalue weighted by Gasteiger charge is 2.11. The van der Waals surface area contributed by atoms with Crippen molar-refractivity contribution in [3.05, 3.63) is 57.7 Å². The van der Waals surface area contributed by atoms with Gasteiger partial charge in [0.15, 0.2) is 18.1 Å². The number of thiazole rings is 1. The molecule has 0 fully saturated rings. The monoisotopic (exact) mass is 401 g/mol. The highest BCUT2D eigenvalue weighted by molar-refractivity contribution is 7.14. The molecule has 0 bridgehead atoms. The molecule has 1 aromatic carbocycles. The summed E-state index contributed by atoms with van der Waals surface area (Å²) in [6.07, 6.45) is 3.90. The number of methoxy groups -OCH3 is 1. The number of hydrogen-bond donors (Lipinski definition) is 0. The van der Waals surface area contributed by atoms with E-state index < -0.39 is 5.97 Å². The first-order valence-corrected chi connectivity index (χ1v) is 10.1. The highest BCUT2D eigenvalue weighted by atomic mass is 32.1. The lowest BCUT2D eigenvalue weighted by atomic mass is 10.2. The van der Waals surface area contributed by atoms with E-state index in [4.69, 9.17) is 14.2 Å². The highest BCUT2D eigenvalue weighted by Crippen LogP contribution is 2.29. The third-order valence-electron chi connectivity index (χ3n) is 3.59. The van der Waals surface area contributed by atoms with Gasteiger partial charge in [0, 0.05) is 16.3 Å². The molecule has 0 spiro atoms. The molecule has 7 heteroatoms. The predicted octanol–water partition coefficient (Wildman–Crippen LogP) is 5.04. The molecule has 2 heterocycles. The van der Waals surface area contributed by atoms with Crippen molar-refractivity contribution in [2.45, 2.75) is 13.5 Å². The van der Waals surface area contributed by atoms with E-state index in [9.17, 15) is 4.79 Å². The number of benzene rings is 1. The fourth-order valence-electron chi connectivity index (χ4n) is 2.32. The number of allylic oxidation sites excluding steroid dienone is 1. The van der Waals surface area contributed by atoms with Crippen LogP contribution in [0.2, 0.25) is 0 Å². The molecule has 0 amide bonds. The molecule has 2 aromatic heterocycles. The van der Waals surface area contributed by atoms with Crippen LogP contribution in [-0.2, 0) is 16.1 Å². The van der Waals surface area contributed by atoms with E-state index in [0.717, 1.165) is 21.8 Å². The third kappa shape index (κ3) is 5.18. The molecule has 0 N–H and O–H groups in total. The van der Waals surface area contributed by atoms with Gasteiger partial charge in [-0.15, -0.1) is 11.3 Å². The number of aromatic nitrogens is 1. The molecule has 0 atom stereocenters. The van der Waals surface area contributed by atoms with Gasteiger partial charge in [-0.05, 0) is 36.1 Å². The smallest absolute Gasteiger partial charge is 0.344 e. The Morgan fingerprint density at radius 1 is 1.22 bits per heavy atom. The maximum Gasteiger partial charge on any atom is 0.344 e. The summed E-state index contributed by atoms with van der Waals surface area (Å²) in [5.41, 5.74) is 2.80. The molecule has 0 aliphatic carbocycles. The predicted molar refractivity (Wildman–Crippen MR) is 108 cm³/mol. The second kappa shape index (κ2) is 9.34. The number of nitrogens with zero attached hydrogens (tertiary/aromatic N) is 1. The summed E-state index contributed by atoms with van der Waals surface area (Å²) in [6, 6.07) is 7.53. The summed E-state index contributed by atoms with van der Waals surface area (Å²) in [6.45, 7) is 1.87. The fraction of sp³-hybridized carbons (Fsp3) is 0.200. The molecule has 140 valence electrons. The van der Waals surface area contributed by atoms with Crippen LogP contribution in [0.4, 0.5) is 0 Å². The maximum atomic E-state index is 12.0. The Kier molecular flexibility index (Phi) is 6.62. The van der Waals surface area contributed by atoms with Gasteiger partial charge in [0.05, 0.1) is 12.8 Å². The van der Waals surface area contributed by atoms with Crippen LogP contribution < -0.4 is 9.47 Å². The summed E-state index contributed by atoms with van der Waals surface area (Å²) in [4.78, 5) is 16.5. The Morgan fingerprint density at radius 2 is 2.11 bits per heavy atom. The summed E-state index contributed by atoms with van der Waals surface area (Å²) in [5.74, 6) is 0.606. The molecular formula is C20H19NO4S2. The minimum atomic E-state index is -0.459. The molecule has 3 aromatic rings. The molecule has 0 radical (unpaired) electrons. The molecule has 3 rings (SSSR count). The minimum Gasteiger partial charge on any atom is -0.493 e. The van der Waals surface area contributed by atoms with E-state index in [0.29, 0.717) is 11.5 Å². The van der Waals surface area contributed by atoms with Gasteiger partial charge in [-0.25, -0.2) is 9.78 Å². The second-order valence-electron chi connectivity index (χ2n) is 5.52. The van der Waals surface area contributed by atoms with Crippen LogP contribution in [0.25, 0.3) is 16.6 Å². The first-order chi connectivity index (χ1) is 13.2. The zero-order valence-corrected chi connectivity index (χ0v) is 16.6. The lowest BCUT2D eigenvalue weighted by Gasteiger charge is -2.11. The van der Waals surface area contributed by atoms with Crippen LogP contribution in [-0.4, -0.2) is 24.7 Å². The molecule has 0 aliphatic rings. The maximum absolute atomic E-state index is 12.0. The van der Waals surface area contributed by atoms with E-state index in [1.165, 1.54) is 11.3 Å². The van der Waals surface area contributed by atoms with E-state index >= 15 is 0 Å². The summed E-state index contributed by atoms with van der Waals surface area (Å²) < 4.78 is 16.1. The molecule has 0 unspecified atom stereocenters. The van der Waals surface area contributed by atoms with Gasteiger partial charge in [0.1, 0.15) is 11.6 Å². The molecule has 5 nitrogen and oxygen atoms in total. The standard InChI is InChI=1S/C20H19NO4S2/c1-3-4-14-5-6-17(18(9-14)23-2)24-11-19(22)25-10-16-13-27-20(21-16)15-7-8-26-12-15/h3-9,12-13H,10-11H2,1-2H3/b4-3+.